The molecule has 1 aliphatic rings. The number of ether oxygens (including phenoxy) is 1. The van der Waals surface area contributed by atoms with Gasteiger partial charge in [0.25, 0.3) is 11.8 Å². The molecule has 0 aliphatic carbocycles. The standard InChI is InChI=1S/C27H28FN3O3/c1-19-15-20(2)17-23(16-19)34-18-26(32)29-21-7-9-22(10-8-21)30-11-13-31(14-12-30)27(33)24-5-3-4-6-25(24)28/h3-10,15-17H,11-14,18H2,1-2H3,(H,29,32). The molecule has 0 spiro atoms. The zero-order chi connectivity index (χ0) is 24.1. The zero-order valence-corrected chi connectivity index (χ0v) is 19.4. The number of halogens is 1. The van der Waals surface area contributed by atoms with E-state index < -0.39 is 5.82 Å². The van der Waals surface area contributed by atoms with Gasteiger partial charge in [-0.1, -0.05) is 18.2 Å². The summed E-state index contributed by atoms with van der Waals surface area (Å²) in [5.41, 5.74) is 3.97. The molecule has 1 saturated heterocycles. The number of rotatable bonds is 6. The highest BCUT2D eigenvalue weighted by Gasteiger charge is 2.24. The van der Waals surface area contributed by atoms with Gasteiger partial charge < -0.3 is 19.9 Å². The first kappa shape index (κ1) is 23.3. The fourth-order valence-electron chi connectivity index (χ4n) is 4.09. The van der Waals surface area contributed by atoms with Gasteiger partial charge in [-0.15, -0.1) is 0 Å². The molecule has 3 aromatic carbocycles. The van der Waals surface area contributed by atoms with Crippen LogP contribution in [0, 0.1) is 19.7 Å². The molecule has 0 bridgehead atoms. The second-order valence-electron chi connectivity index (χ2n) is 8.47. The smallest absolute Gasteiger partial charge is 0.262 e. The minimum Gasteiger partial charge on any atom is -0.484 e. The number of aryl methyl sites for hydroxylation is 2. The average Bonchev–Trinajstić information content (AvgIpc) is 2.83. The molecule has 6 nitrogen and oxygen atoms in total. The highest BCUT2D eigenvalue weighted by molar-refractivity contribution is 5.94. The molecule has 3 aromatic rings. The predicted molar refractivity (Wildman–Crippen MR) is 131 cm³/mol. The van der Waals surface area contributed by atoms with Crippen LogP contribution >= 0.6 is 0 Å². The molecular formula is C27H28FN3O3. The molecule has 1 heterocycles. The third-order valence-corrected chi connectivity index (χ3v) is 5.75. The predicted octanol–water partition coefficient (Wildman–Crippen LogP) is 4.42. The Morgan fingerprint density at radius 1 is 0.912 bits per heavy atom. The second-order valence-corrected chi connectivity index (χ2v) is 8.47. The molecule has 2 amide bonds. The number of carbonyl (C=O) groups excluding carboxylic acids is 2. The van der Waals surface area contributed by atoms with E-state index in [1.54, 1.807) is 17.0 Å². The van der Waals surface area contributed by atoms with Gasteiger partial charge >= 0.3 is 0 Å². The van der Waals surface area contributed by atoms with Crippen molar-refractivity contribution in [2.45, 2.75) is 13.8 Å². The lowest BCUT2D eigenvalue weighted by molar-refractivity contribution is -0.118. The highest BCUT2D eigenvalue weighted by atomic mass is 19.1. The number of piperazine rings is 1. The number of benzene rings is 3. The first-order valence-electron chi connectivity index (χ1n) is 11.3. The molecule has 7 heteroatoms. The van der Waals surface area contributed by atoms with Crippen molar-refractivity contribution in [2.75, 3.05) is 43.0 Å². The molecule has 34 heavy (non-hydrogen) atoms. The summed E-state index contributed by atoms with van der Waals surface area (Å²) in [6, 6.07) is 19.5. The van der Waals surface area contributed by atoms with Crippen molar-refractivity contribution < 1.29 is 18.7 Å². The molecule has 1 aliphatic heterocycles. The van der Waals surface area contributed by atoms with Gasteiger partial charge in [0.2, 0.25) is 0 Å². The molecule has 0 saturated carbocycles. The summed E-state index contributed by atoms with van der Waals surface area (Å²) in [7, 11) is 0. The van der Waals surface area contributed by atoms with Crippen molar-refractivity contribution in [3.05, 3.63) is 89.2 Å². The molecule has 1 fully saturated rings. The van der Waals surface area contributed by atoms with Crippen LogP contribution in [0.2, 0.25) is 0 Å². The molecule has 0 atom stereocenters. The lowest BCUT2D eigenvalue weighted by Gasteiger charge is -2.36. The Balaban J connectivity index is 1.27. The minimum absolute atomic E-state index is 0.0668. The summed E-state index contributed by atoms with van der Waals surface area (Å²) in [5, 5.41) is 2.85. The molecule has 176 valence electrons. The van der Waals surface area contributed by atoms with Crippen molar-refractivity contribution >= 4 is 23.2 Å². The van der Waals surface area contributed by atoms with E-state index in [-0.39, 0.29) is 24.0 Å². The first-order chi connectivity index (χ1) is 16.4. The van der Waals surface area contributed by atoms with Crippen LogP contribution in [-0.4, -0.2) is 49.5 Å². The van der Waals surface area contributed by atoms with Crippen LogP contribution in [0.4, 0.5) is 15.8 Å². The van der Waals surface area contributed by atoms with Crippen LogP contribution < -0.4 is 15.0 Å². The number of anilines is 2. The average molecular weight is 462 g/mol. The van der Waals surface area contributed by atoms with E-state index in [1.165, 1.54) is 12.1 Å². The van der Waals surface area contributed by atoms with Crippen LogP contribution in [0.3, 0.4) is 0 Å². The van der Waals surface area contributed by atoms with Gasteiger partial charge in [-0.05, 0) is 73.5 Å². The minimum atomic E-state index is -0.494. The number of nitrogens with one attached hydrogen (secondary N) is 1. The van der Waals surface area contributed by atoms with Gasteiger partial charge in [-0.2, -0.15) is 0 Å². The van der Waals surface area contributed by atoms with E-state index in [0.29, 0.717) is 37.6 Å². The first-order valence-corrected chi connectivity index (χ1v) is 11.3. The van der Waals surface area contributed by atoms with E-state index >= 15 is 0 Å². The largest absolute Gasteiger partial charge is 0.484 e. The maximum Gasteiger partial charge on any atom is 0.262 e. The van der Waals surface area contributed by atoms with Gasteiger partial charge in [0.15, 0.2) is 6.61 Å². The second kappa shape index (κ2) is 10.4. The van der Waals surface area contributed by atoms with Crippen molar-refractivity contribution in [3.8, 4) is 5.75 Å². The number of nitrogens with zero attached hydrogens (tertiary/aromatic N) is 2. The van der Waals surface area contributed by atoms with Crippen LogP contribution in [0.5, 0.6) is 5.75 Å². The summed E-state index contributed by atoms with van der Waals surface area (Å²) >= 11 is 0. The summed E-state index contributed by atoms with van der Waals surface area (Å²) in [4.78, 5) is 28.7. The van der Waals surface area contributed by atoms with E-state index in [2.05, 4.69) is 16.3 Å². The maximum absolute atomic E-state index is 13.9. The SMILES string of the molecule is Cc1cc(C)cc(OCC(=O)Nc2ccc(N3CCN(C(=O)c4ccccc4F)CC3)cc2)c1. The lowest BCUT2D eigenvalue weighted by atomic mass is 10.1. The molecule has 0 aromatic heterocycles. The maximum atomic E-state index is 13.9. The van der Waals surface area contributed by atoms with E-state index in [9.17, 15) is 14.0 Å². The quantitative estimate of drug-likeness (QED) is 0.590. The summed E-state index contributed by atoms with van der Waals surface area (Å²) in [6.45, 7) is 6.24. The Kier molecular flexibility index (Phi) is 7.11. The monoisotopic (exact) mass is 461 g/mol. The normalized spacial score (nSPS) is 13.5. The summed E-state index contributed by atoms with van der Waals surface area (Å²) < 4.78 is 19.5. The van der Waals surface area contributed by atoms with Crippen LogP contribution in [-0.2, 0) is 4.79 Å². The molecular weight excluding hydrogens is 433 g/mol. The van der Waals surface area contributed by atoms with Crippen LogP contribution in [0.1, 0.15) is 21.5 Å². The van der Waals surface area contributed by atoms with Crippen LogP contribution in [0.25, 0.3) is 0 Å². The number of carbonyl (C=O) groups is 2. The Morgan fingerprint density at radius 3 is 2.21 bits per heavy atom. The van der Waals surface area contributed by atoms with Crippen molar-refractivity contribution in [1.29, 1.82) is 0 Å². The summed E-state index contributed by atoms with van der Waals surface area (Å²) in [5.74, 6) is -0.325. The third-order valence-electron chi connectivity index (χ3n) is 5.75. The molecule has 4 rings (SSSR count). The van der Waals surface area contributed by atoms with E-state index in [0.717, 1.165) is 16.8 Å². The van der Waals surface area contributed by atoms with Crippen molar-refractivity contribution in [3.63, 3.8) is 0 Å². The number of hydrogen-bond acceptors (Lipinski definition) is 4. The fraction of sp³-hybridized carbons (Fsp3) is 0.259. The van der Waals surface area contributed by atoms with E-state index in [1.807, 2.05) is 50.2 Å². The third kappa shape index (κ3) is 5.73. The molecule has 1 N–H and O–H groups in total. The topological polar surface area (TPSA) is 61.9 Å². The Labute approximate surface area is 198 Å². The van der Waals surface area contributed by atoms with Gasteiger partial charge in [0.1, 0.15) is 11.6 Å². The highest BCUT2D eigenvalue weighted by Crippen LogP contribution is 2.21. The Hall–Kier alpha value is -3.87. The molecule has 0 unspecified atom stereocenters. The van der Waals surface area contributed by atoms with Crippen LogP contribution in [0.15, 0.2) is 66.7 Å². The Bertz CT molecular complexity index is 1150. The number of amides is 2. The zero-order valence-electron chi connectivity index (χ0n) is 19.4. The fourth-order valence-corrected chi connectivity index (χ4v) is 4.09. The van der Waals surface area contributed by atoms with E-state index in [4.69, 9.17) is 4.74 Å². The van der Waals surface area contributed by atoms with Gasteiger partial charge in [-0.3, -0.25) is 9.59 Å². The number of hydrogen-bond donors (Lipinski definition) is 1. The Morgan fingerprint density at radius 2 is 1.56 bits per heavy atom. The van der Waals surface area contributed by atoms with Gasteiger partial charge in [0, 0.05) is 37.6 Å². The lowest BCUT2D eigenvalue weighted by Crippen LogP contribution is -2.49. The van der Waals surface area contributed by atoms with Gasteiger partial charge in [-0.25, -0.2) is 4.39 Å². The van der Waals surface area contributed by atoms with Gasteiger partial charge in [0.05, 0.1) is 5.56 Å². The summed E-state index contributed by atoms with van der Waals surface area (Å²) in [6.07, 6.45) is 0. The molecule has 0 radical (unpaired) electrons. The van der Waals surface area contributed by atoms with Crippen molar-refractivity contribution in [1.82, 2.24) is 4.90 Å². The van der Waals surface area contributed by atoms with Crippen molar-refractivity contribution in [2.24, 2.45) is 0 Å².